The molecule has 1 rings (SSSR count). The average Bonchev–Trinajstić information content (AvgIpc) is 2.27. The van der Waals surface area contributed by atoms with Crippen LogP contribution in [0.5, 0.6) is 0 Å². The van der Waals surface area contributed by atoms with Crippen molar-refractivity contribution in [2.24, 2.45) is 11.1 Å². The summed E-state index contributed by atoms with van der Waals surface area (Å²) in [7, 11) is 0. The monoisotopic (exact) mass is 289 g/mol. The van der Waals surface area contributed by atoms with Crippen molar-refractivity contribution in [1.29, 1.82) is 0 Å². The molecule has 0 aliphatic rings. The Morgan fingerprint density at radius 3 is 2.39 bits per heavy atom. The first-order valence-corrected chi connectivity index (χ1v) is 6.85. The van der Waals surface area contributed by atoms with Crippen molar-refractivity contribution in [1.82, 2.24) is 0 Å². The Morgan fingerprint density at radius 1 is 1.28 bits per heavy atom. The molecule has 0 heterocycles. The fraction of sp³-hybridized carbons (Fsp3) is 0.571. The molecule has 0 aliphatic heterocycles. The second-order valence-electron chi connectivity index (χ2n) is 5.41. The molecule has 0 fully saturated rings. The third-order valence-electron chi connectivity index (χ3n) is 2.87. The van der Waals surface area contributed by atoms with Gasteiger partial charge in [-0.05, 0) is 24.0 Å². The van der Waals surface area contributed by atoms with Gasteiger partial charge in [0.2, 0.25) is 0 Å². The zero-order chi connectivity index (χ0) is 13.9. The van der Waals surface area contributed by atoms with E-state index in [1.54, 1.807) is 6.07 Å². The van der Waals surface area contributed by atoms with Gasteiger partial charge in [0.25, 0.3) is 0 Å². The lowest BCUT2D eigenvalue weighted by molar-refractivity contribution is -0.0282. The Kier molecular flexibility index (Phi) is 5.47. The maximum Gasteiger partial charge on any atom is 0.0816 e. The highest BCUT2D eigenvalue weighted by atomic mass is 35.5. The molecule has 0 bridgehead atoms. The molecule has 1 aromatic rings. The van der Waals surface area contributed by atoms with Crippen molar-refractivity contribution < 1.29 is 4.74 Å². The van der Waals surface area contributed by atoms with Gasteiger partial charge in [-0.1, -0.05) is 56.1 Å². The van der Waals surface area contributed by atoms with Crippen LogP contribution >= 0.6 is 23.2 Å². The molecule has 2 atom stereocenters. The smallest absolute Gasteiger partial charge is 0.0816 e. The molecule has 4 heteroatoms. The molecular formula is C14H21Cl2NO. The van der Waals surface area contributed by atoms with Gasteiger partial charge in [0.05, 0.1) is 22.2 Å². The van der Waals surface area contributed by atoms with Gasteiger partial charge in [0.15, 0.2) is 0 Å². The Bertz CT molecular complexity index is 401. The molecule has 0 radical (unpaired) electrons. The summed E-state index contributed by atoms with van der Waals surface area (Å²) in [6, 6.07) is 5.22. The average molecular weight is 290 g/mol. The molecule has 2 unspecified atom stereocenters. The zero-order valence-corrected chi connectivity index (χ0v) is 12.8. The number of hydrogen-bond acceptors (Lipinski definition) is 2. The van der Waals surface area contributed by atoms with Gasteiger partial charge in [0, 0.05) is 6.61 Å². The van der Waals surface area contributed by atoms with Gasteiger partial charge >= 0.3 is 0 Å². The molecule has 1 aromatic carbocycles. The summed E-state index contributed by atoms with van der Waals surface area (Å²) in [6.07, 6.45) is -0.113. The van der Waals surface area contributed by atoms with Crippen LogP contribution in [0, 0.1) is 5.41 Å². The largest absolute Gasteiger partial charge is 0.376 e. The minimum atomic E-state index is -0.295. The maximum absolute atomic E-state index is 6.31. The molecule has 102 valence electrons. The van der Waals surface area contributed by atoms with E-state index in [0.717, 1.165) is 5.56 Å². The Morgan fingerprint density at radius 2 is 1.89 bits per heavy atom. The van der Waals surface area contributed by atoms with Gasteiger partial charge in [0.1, 0.15) is 0 Å². The molecule has 0 spiro atoms. The van der Waals surface area contributed by atoms with E-state index >= 15 is 0 Å². The molecule has 0 saturated carbocycles. The lowest BCUT2D eigenvalue weighted by atomic mass is 9.82. The van der Waals surface area contributed by atoms with Crippen LogP contribution in [0.4, 0.5) is 0 Å². The van der Waals surface area contributed by atoms with Crippen molar-refractivity contribution in [2.45, 2.75) is 39.8 Å². The summed E-state index contributed by atoms with van der Waals surface area (Å²) in [5.74, 6) is 0. The third-order valence-corrected chi connectivity index (χ3v) is 3.70. The maximum atomic E-state index is 6.31. The fourth-order valence-corrected chi connectivity index (χ4v) is 2.45. The van der Waals surface area contributed by atoms with E-state index in [1.807, 2.05) is 19.1 Å². The minimum absolute atomic E-state index is 0.0684. The first kappa shape index (κ1) is 15.8. The van der Waals surface area contributed by atoms with E-state index in [-0.39, 0.29) is 17.6 Å². The van der Waals surface area contributed by atoms with E-state index in [2.05, 4.69) is 20.8 Å². The zero-order valence-electron chi connectivity index (χ0n) is 11.3. The van der Waals surface area contributed by atoms with Gasteiger partial charge < -0.3 is 10.5 Å². The summed E-state index contributed by atoms with van der Waals surface area (Å²) in [5.41, 5.74) is 7.08. The number of nitrogens with two attached hydrogens (primary N) is 1. The summed E-state index contributed by atoms with van der Waals surface area (Å²) in [6.45, 7) is 8.89. The van der Waals surface area contributed by atoms with Crippen molar-refractivity contribution in [3.05, 3.63) is 33.8 Å². The van der Waals surface area contributed by atoms with E-state index < -0.39 is 0 Å². The van der Waals surface area contributed by atoms with E-state index in [9.17, 15) is 0 Å². The standard InChI is InChI=1S/C14H21Cl2NO/c1-5-18-13(14(2,3)4)12(17)9-7-6-8-10(15)11(9)16/h6-8,12-13H,5,17H2,1-4H3. The van der Waals surface area contributed by atoms with Gasteiger partial charge in [-0.2, -0.15) is 0 Å². The van der Waals surface area contributed by atoms with Crippen molar-refractivity contribution in [3.8, 4) is 0 Å². The van der Waals surface area contributed by atoms with Crippen LogP contribution in [0.2, 0.25) is 10.0 Å². The van der Waals surface area contributed by atoms with Gasteiger partial charge in [-0.3, -0.25) is 0 Å². The predicted octanol–water partition coefficient (Wildman–Crippen LogP) is 4.44. The van der Waals surface area contributed by atoms with Gasteiger partial charge in [-0.15, -0.1) is 0 Å². The van der Waals surface area contributed by atoms with E-state index in [1.165, 1.54) is 0 Å². The lowest BCUT2D eigenvalue weighted by Crippen LogP contribution is -2.39. The molecule has 0 aliphatic carbocycles. The molecule has 2 nitrogen and oxygen atoms in total. The van der Waals surface area contributed by atoms with Crippen LogP contribution in [0.15, 0.2) is 18.2 Å². The second kappa shape index (κ2) is 6.25. The predicted molar refractivity (Wildman–Crippen MR) is 78.3 cm³/mol. The summed E-state index contributed by atoms with van der Waals surface area (Å²) >= 11 is 12.2. The van der Waals surface area contributed by atoms with Crippen LogP contribution in [0.3, 0.4) is 0 Å². The van der Waals surface area contributed by atoms with Crippen LogP contribution in [0.1, 0.15) is 39.3 Å². The topological polar surface area (TPSA) is 35.2 Å². The molecule has 0 saturated heterocycles. The quantitative estimate of drug-likeness (QED) is 0.889. The molecule has 2 N–H and O–H groups in total. The highest BCUT2D eigenvalue weighted by Gasteiger charge is 2.32. The Labute approximate surface area is 119 Å². The number of halogens is 2. The van der Waals surface area contributed by atoms with Crippen LogP contribution in [0.25, 0.3) is 0 Å². The van der Waals surface area contributed by atoms with Crippen molar-refractivity contribution in [3.63, 3.8) is 0 Å². The van der Waals surface area contributed by atoms with Crippen LogP contribution in [-0.2, 0) is 4.74 Å². The number of hydrogen-bond donors (Lipinski definition) is 1. The minimum Gasteiger partial charge on any atom is -0.376 e. The van der Waals surface area contributed by atoms with Crippen molar-refractivity contribution >= 4 is 23.2 Å². The number of ether oxygens (including phenoxy) is 1. The van der Waals surface area contributed by atoms with E-state index in [0.29, 0.717) is 16.7 Å². The van der Waals surface area contributed by atoms with Crippen molar-refractivity contribution in [2.75, 3.05) is 6.61 Å². The van der Waals surface area contributed by atoms with Crippen LogP contribution in [-0.4, -0.2) is 12.7 Å². The van der Waals surface area contributed by atoms with E-state index in [4.69, 9.17) is 33.7 Å². The molecule has 0 amide bonds. The third kappa shape index (κ3) is 3.61. The number of benzene rings is 1. The number of rotatable bonds is 4. The Balaban J connectivity index is 3.10. The summed E-state index contributed by atoms with van der Waals surface area (Å²) in [5, 5.41) is 1.04. The fourth-order valence-electron chi connectivity index (χ4n) is 2.01. The second-order valence-corrected chi connectivity index (χ2v) is 6.20. The first-order valence-electron chi connectivity index (χ1n) is 6.10. The molecular weight excluding hydrogens is 269 g/mol. The molecule has 18 heavy (non-hydrogen) atoms. The molecule has 0 aromatic heterocycles. The Hall–Kier alpha value is -0.280. The van der Waals surface area contributed by atoms with Gasteiger partial charge in [-0.25, -0.2) is 0 Å². The first-order chi connectivity index (χ1) is 8.29. The normalized spacial score (nSPS) is 15.5. The summed E-state index contributed by atoms with van der Waals surface area (Å²) in [4.78, 5) is 0. The highest BCUT2D eigenvalue weighted by Crippen LogP contribution is 2.36. The summed E-state index contributed by atoms with van der Waals surface area (Å²) < 4.78 is 5.79. The van der Waals surface area contributed by atoms with Crippen LogP contribution < -0.4 is 5.73 Å². The SMILES string of the molecule is CCOC(C(N)c1cccc(Cl)c1Cl)C(C)(C)C. The highest BCUT2D eigenvalue weighted by molar-refractivity contribution is 6.42. The lowest BCUT2D eigenvalue weighted by Gasteiger charge is -2.35.